The van der Waals surface area contributed by atoms with Gasteiger partial charge in [0.25, 0.3) is 5.56 Å². The minimum Gasteiger partial charge on any atom is -0.392 e. The maximum absolute atomic E-state index is 14.4. The summed E-state index contributed by atoms with van der Waals surface area (Å²) in [4.78, 5) is 29.6. The molecule has 2 heterocycles. The summed E-state index contributed by atoms with van der Waals surface area (Å²) in [7, 11) is 0.840. The average molecular weight is 406 g/mol. The van der Waals surface area contributed by atoms with Gasteiger partial charge in [-0.2, -0.15) is 13.2 Å². The van der Waals surface area contributed by atoms with Crippen LogP contribution < -0.4 is 11.2 Å². The maximum atomic E-state index is 14.4. The lowest BCUT2D eigenvalue weighted by molar-refractivity contribution is -0.144. The first-order chi connectivity index (χ1) is 12.5. The van der Waals surface area contributed by atoms with Crippen LogP contribution in [0.25, 0.3) is 5.69 Å². The first-order valence-corrected chi connectivity index (χ1v) is 8.01. The molecular formula is C16H12ClF4N3O3. The molecule has 3 rings (SSSR count). The van der Waals surface area contributed by atoms with Crippen molar-refractivity contribution < 1.29 is 22.4 Å². The van der Waals surface area contributed by atoms with E-state index in [1.54, 1.807) is 6.92 Å². The van der Waals surface area contributed by atoms with E-state index in [0.717, 1.165) is 19.2 Å². The predicted molar refractivity (Wildman–Crippen MR) is 89.0 cm³/mol. The fraction of sp³-hybridized carbons (Fsp3) is 0.312. The van der Waals surface area contributed by atoms with Crippen molar-refractivity contribution in [2.24, 2.45) is 12.2 Å². The highest BCUT2D eigenvalue weighted by molar-refractivity contribution is 6.34. The largest absolute Gasteiger partial charge is 0.431 e. The average Bonchev–Trinajstić information content (AvgIpc) is 2.98. The number of rotatable bonds is 2. The molecule has 11 heteroatoms. The molecule has 0 fully saturated rings. The zero-order valence-electron chi connectivity index (χ0n) is 14.0. The van der Waals surface area contributed by atoms with Gasteiger partial charge in [0.05, 0.1) is 16.4 Å². The summed E-state index contributed by atoms with van der Waals surface area (Å²) in [6.07, 6.45) is -4.81. The Morgan fingerprint density at radius 2 is 1.93 bits per heavy atom. The molecule has 1 aliphatic heterocycles. The topological polar surface area (TPSA) is 65.6 Å². The first kappa shape index (κ1) is 19.2. The lowest BCUT2D eigenvalue weighted by Crippen LogP contribution is -2.41. The molecule has 6 nitrogen and oxygen atoms in total. The second-order valence-corrected chi connectivity index (χ2v) is 6.39. The van der Waals surface area contributed by atoms with E-state index in [9.17, 15) is 27.2 Å². The van der Waals surface area contributed by atoms with Crippen molar-refractivity contribution in [3.8, 4) is 5.69 Å². The Morgan fingerprint density at radius 1 is 1.26 bits per heavy atom. The number of nitrogens with zero attached hydrogens (tertiary/aromatic N) is 3. The van der Waals surface area contributed by atoms with Crippen molar-refractivity contribution in [1.82, 2.24) is 9.13 Å². The molecule has 0 saturated carbocycles. The third-order valence-corrected chi connectivity index (χ3v) is 4.34. The van der Waals surface area contributed by atoms with Gasteiger partial charge in [0, 0.05) is 25.1 Å². The normalized spacial score (nSPS) is 17.0. The Kier molecular flexibility index (Phi) is 4.62. The van der Waals surface area contributed by atoms with Gasteiger partial charge in [0.1, 0.15) is 17.6 Å². The summed E-state index contributed by atoms with van der Waals surface area (Å²) in [6, 6.07) is 2.18. The van der Waals surface area contributed by atoms with Crippen LogP contribution in [0.4, 0.5) is 17.6 Å². The van der Waals surface area contributed by atoms with E-state index in [-0.39, 0.29) is 27.3 Å². The molecule has 144 valence electrons. The zero-order valence-corrected chi connectivity index (χ0v) is 14.7. The molecule has 1 aliphatic rings. The minimum absolute atomic E-state index is 0.0375. The Hall–Kier alpha value is -2.62. The van der Waals surface area contributed by atoms with Crippen molar-refractivity contribution >= 4 is 17.3 Å². The predicted octanol–water partition coefficient (Wildman–Crippen LogP) is 2.86. The summed E-state index contributed by atoms with van der Waals surface area (Å²) in [5.41, 5.74) is -4.06. The molecule has 0 amide bonds. The van der Waals surface area contributed by atoms with Crippen LogP contribution in [-0.4, -0.2) is 20.9 Å². The quantitative estimate of drug-likeness (QED) is 0.722. The maximum Gasteiger partial charge on any atom is 0.431 e. The van der Waals surface area contributed by atoms with E-state index in [0.29, 0.717) is 16.7 Å². The highest BCUT2D eigenvalue weighted by atomic mass is 35.5. The number of aromatic nitrogens is 2. The molecule has 2 aromatic rings. The highest BCUT2D eigenvalue weighted by Crippen LogP contribution is 2.29. The number of hydrogen-bond donors (Lipinski definition) is 0. The molecule has 0 aliphatic carbocycles. The van der Waals surface area contributed by atoms with E-state index in [1.165, 1.54) is 0 Å². The van der Waals surface area contributed by atoms with E-state index < -0.39 is 34.6 Å². The van der Waals surface area contributed by atoms with Gasteiger partial charge in [-0.1, -0.05) is 16.8 Å². The Labute approximate surface area is 154 Å². The second kappa shape index (κ2) is 6.52. The summed E-state index contributed by atoms with van der Waals surface area (Å²) >= 11 is 6.02. The number of hydrogen-bond acceptors (Lipinski definition) is 4. The van der Waals surface area contributed by atoms with Gasteiger partial charge in [0.15, 0.2) is 0 Å². The molecule has 0 bridgehead atoms. The summed E-state index contributed by atoms with van der Waals surface area (Å²) < 4.78 is 53.8. The van der Waals surface area contributed by atoms with Gasteiger partial charge < -0.3 is 4.84 Å². The third-order valence-electron chi connectivity index (χ3n) is 4.02. The molecule has 0 radical (unpaired) electrons. The van der Waals surface area contributed by atoms with Gasteiger partial charge >= 0.3 is 11.9 Å². The van der Waals surface area contributed by atoms with Crippen LogP contribution in [-0.2, 0) is 18.1 Å². The molecule has 1 aromatic heterocycles. The molecule has 0 saturated heterocycles. The first-order valence-electron chi connectivity index (χ1n) is 7.63. The molecular weight excluding hydrogens is 394 g/mol. The van der Waals surface area contributed by atoms with Gasteiger partial charge in [-0.15, -0.1) is 0 Å². The minimum atomic E-state index is -4.91. The van der Waals surface area contributed by atoms with Crippen LogP contribution in [0.15, 0.2) is 32.9 Å². The number of halogens is 5. The molecule has 1 unspecified atom stereocenters. The number of oxime groups is 1. The van der Waals surface area contributed by atoms with Gasteiger partial charge in [-0.3, -0.25) is 9.36 Å². The van der Waals surface area contributed by atoms with Crippen LogP contribution in [0.3, 0.4) is 0 Å². The van der Waals surface area contributed by atoms with Crippen LogP contribution in [0.5, 0.6) is 0 Å². The van der Waals surface area contributed by atoms with Crippen LogP contribution in [0.2, 0.25) is 5.02 Å². The van der Waals surface area contributed by atoms with Gasteiger partial charge in [-0.25, -0.2) is 13.8 Å². The SMILES string of the molecule is CC1CC(c2cc(-n3c(=O)cc(C(F)(F)F)n(C)c3=O)c(F)cc2Cl)=NO1. The summed E-state index contributed by atoms with van der Waals surface area (Å²) in [5, 5.41) is 3.77. The number of benzene rings is 1. The van der Waals surface area contributed by atoms with E-state index in [4.69, 9.17) is 16.4 Å². The molecule has 0 spiro atoms. The Balaban J connectivity index is 2.25. The lowest BCUT2D eigenvalue weighted by Gasteiger charge is -2.15. The smallest absolute Gasteiger partial charge is 0.392 e. The standard InChI is InChI=1S/C16H12ClF4N3O3/c1-7-3-11(22-27-7)8-4-12(10(18)5-9(8)17)24-14(25)6-13(16(19,20)21)23(2)15(24)26/h4-7H,3H2,1-2H3. The molecule has 1 aromatic carbocycles. The van der Waals surface area contributed by atoms with E-state index in [2.05, 4.69) is 5.16 Å². The highest BCUT2D eigenvalue weighted by Gasteiger charge is 2.35. The third kappa shape index (κ3) is 3.36. The Bertz CT molecular complexity index is 1070. The van der Waals surface area contributed by atoms with Crippen molar-refractivity contribution in [1.29, 1.82) is 0 Å². The fourth-order valence-electron chi connectivity index (χ4n) is 2.71. The second-order valence-electron chi connectivity index (χ2n) is 5.98. The van der Waals surface area contributed by atoms with E-state index in [1.807, 2.05) is 0 Å². The van der Waals surface area contributed by atoms with Gasteiger partial charge in [-0.05, 0) is 19.1 Å². The monoisotopic (exact) mass is 405 g/mol. The van der Waals surface area contributed by atoms with Crippen LogP contribution in [0.1, 0.15) is 24.6 Å². The van der Waals surface area contributed by atoms with Crippen LogP contribution >= 0.6 is 11.6 Å². The summed E-state index contributed by atoms with van der Waals surface area (Å²) in [5.74, 6) is -1.05. The van der Waals surface area contributed by atoms with Crippen molar-refractivity contribution in [3.05, 3.63) is 61.1 Å². The summed E-state index contributed by atoms with van der Waals surface area (Å²) in [6.45, 7) is 1.74. The molecule has 0 N–H and O–H groups in total. The van der Waals surface area contributed by atoms with Crippen LogP contribution in [0, 0.1) is 5.82 Å². The zero-order chi connectivity index (χ0) is 20.1. The lowest BCUT2D eigenvalue weighted by atomic mass is 10.0. The van der Waals surface area contributed by atoms with Crippen molar-refractivity contribution in [2.45, 2.75) is 25.6 Å². The van der Waals surface area contributed by atoms with Crippen molar-refractivity contribution in [2.75, 3.05) is 0 Å². The molecule has 27 heavy (non-hydrogen) atoms. The van der Waals surface area contributed by atoms with Gasteiger partial charge in [0.2, 0.25) is 0 Å². The van der Waals surface area contributed by atoms with E-state index >= 15 is 0 Å². The number of alkyl halides is 3. The fourth-order valence-corrected chi connectivity index (χ4v) is 2.97. The van der Waals surface area contributed by atoms with Crippen molar-refractivity contribution in [3.63, 3.8) is 0 Å². The Morgan fingerprint density at radius 3 is 2.48 bits per heavy atom. The molecule has 1 atom stereocenters.